The Balaban J connectivity index is 2.26. The van der Waals surface area contributed by atoms with Crippen LogP contribution in [0.25, 0.3) is 0 Å². The lowest BCUT2D eigenvalue weighted by Crippen LogP contribution is -2.73. The summed E-state index contributed by atoms with van der Waals surface area (Å²) in [6, 6.07) is 0. The summed E-state index contributed by atoms with van der Waals surface area (Å²) in [4.78, 5) is 27.8. The molecule has 1 amide bonds. The van der Waals surface area contributed by atoms with E-state index < -0.39 is 5.97 Å². The largest absolute Gasteiger partial charge is 0.463 e. The molecule has 1 heterocycles. The number of aliphatic imine (C=N–C) groups is 1. The molecule has 0 radical (unpaired) electrons. The van der Waals surface area contributed by atoms with Crippen LogP contribution in [-0.4, -0.2) is 30.5 Å². The zero-order valence-electron chi connectivity index (χ0n) is 7.79. The van der Waals surface area contributed by atoms with E-state index in [9.17, 15) is 9.59 Å². The highest BCUT2D eigenvalue weighted by molar-refractivity contribution is 6.38. The number of nitrogens with one attached hydrogen (secondary N) is 1. The number of hydrogen-bond acceptors (Lipinski definition) is 4. The molecule has 0 atom stereocenters. The van der Waals surface area contributed by atoms with Gasteiger partial charge in [0.25, 0.3) is 0 Å². The molecule has 1 aliphatic rings. The monoisotopic (exact) mass is 194 g/mol. The Hall–Kier alpha value is -1.78. The van der Waals surface area contributed by atoms with Crippen molar-refractivity contribution in [3.8, 4) is 0 Å². The molecule has 0 aromatic rings. The van der Waals surface area contributed by atoms with Gasteiger partial charge in [-0.1, -0.05) is 6.58 Å². The Labute approximate surface area is 81.2 Å². The predicted molar refractivity (Wildman–Crippen MR) is 48.8 cm³/mol. The molecular weight excluding hydrogens is 184 g/mol. The van der Waals surface area contributed by atoms with Crippen molar-refractivity contribution in [2.75, 3.05) is 6.61 Å². The van der Waals surface area contributed by atoms with Gasteiger partial charge in [0.1, 0.15) is 0 Å². The molecule has 0 spiro atoms. The highest BCUT2D eigenvalue weighted by Gasteiger charge is 2.11. The Kier molecular flexibility index (Phi) is 3.28. The minimum absolute atomic E-state index is 0.125. The Morgan fingerprint density at radius 1 is 1.71 bits per heavy atom. The number of nitrogens with zero attached hydrogens (tertiary/aromatic N) is 1. The normalized spacial score (nSPS) is 14.1. The molecule has 0 aromatic heterocycles. The third-order valence-electron chi connectivity index (χ3n) is 1.54. The van der Waals surface area contributed by atoms with Crippen molar-refractivity contribution in [2.24, 2.45) is 4.99 Å². The molecule has 1 aliphatic heterocycles. The first-order chi connectivity index (χ1) is 6.61. The van der Waals surface area contributed by atoms with Crippen LogP contribution in [-0.2, 0) is 14.3 Å². The average Bonchev–Trinajstić information content (AvgIpc) is 2.51. The van der Waals surface area contributed by atoms with Gasteiger partial charge in [0, 0.05) is 5.57 Å². The molecule has 14 heavy (non-hydrogen) atoms. The van der Waals surface area contributed by atoms with Crippen molar-refractivity contribution >= 4 is 23.9 Å². The SMILES string of the molecule is C=C(C)C(=O)OCCC1=N[C-]=[NH+]C1=O. The average molecular weight is 194 g/mol. The van der Waals surface area contributed by atoms with Crippen LogP contribution in [0.15, 0.2) is 17.1 Å². The summed E-state index contributed by atoms with van der Waals surface area (Å²) in [6.07, 6.45) is 2.60. The Morgan fingerprint density at radius 3 is 2.93 bits per heavy atom. The van der Waals surface area contributed by atoms with E-state index in [0.29, 0.717) is 11.3 Å². The lowest BCUT2D eigenvalue weighted by atomic mass is 10.3. The van der Waals surface area contributed by atoms with Gasteiger partial charge in [0.2, 0.25) is 12.2 Å². The van der Waals surface area contributed by atoms with Crippen molar-refractivity contribution in [1.29, 1.82) is 0 Å². The number of rotatable bonds is 4. The number of ether oxygens (including phenoxy) is 1. The fourth-order valence-electron chi connectivity index (χ4n) is 0.802. The van der Waals surface area contributed by atoms with E-state index in [2.05, 4.69) is 22.9 Å². The van der Waals surface area contributed by atoms with Crippen molar-refractivity contribution in [3.05, 3.63) is 12.2 Å². The molecular formula is C9H10N2O3. The first-order valence-corrected chi connectivity index (χ1v) is 4.06. The standard InChI is InChI=1S/C9H10N2O3/c1-6(2)9(13)14-4-3-7-8(12)11-5-10-7/h11H,1,3-4H2,2H3. The molecule has 0 aromatic carbocycles. The maximum Gasteiger partial charge on any atom is 0.333 e. The fraction of sp³-hybridized carbons (Fsp3) is 0.333. The summed E-state index contributed by atoms with van der Waals surface area (Å²) in [5, 5.41) is 0. The number of hydrogen-bond donors (Lipinski definition) is 1. The zero-order valence-corrected chi connectivity index (χ0v) is 7.79. The van der Waals surface area contributed by atoms with E-state index in [4.69, 9.17) is 4.74 Å². The molecule has 1 rings (SSSR count). The van der Waals surface area contributed by atoms with E-state index in [1.54, 1.807) is 6.92 Å². The van der Waals surface area contributed by atoms with Crippen LogP contribution in [0.2, 0.25) is 0 Å². The molecule has 0 aliphatic carbocycles. The van der Waals surface area contributed by atoms with Crippen LogP contribution in [0.3, 0.4) is 0 Å². The number of carbonyl (C=O) groups is 2. The van der Waals surface area contributed by atoms with Gasteiger partial charge in [-0.3, -0.25) is 0 Å². The Morgan fingerprint density at radius 2 is 2.43 bits per heavy atom. The van der Waals surface area contributed by atoms with Gasteiger partial charge >= 0.3 is 5.97 Å². The quantitative estimate of drug-likeness (QED) is 0.335. The van der Waals surface area contributed by atoms with E-state index >= 15 is 0 Å². The van der Waals surface area contributed by atoms with Gasteiger partial charge in [-0.2, -0.15) is 4.99 Å². The van der Waals surface area contributed by atoms with Gasteiger partial charge < -0.3 is 14.5 Å². The summed E-state index contributed by atoms with van der Waals surface area (Å²) in [5.41, 5.74) is 0.653. The smallest absolute Gasteiger partial charge is 0.333 e. The zero-order chi connectivity index (χ0) is 10.6. The minimum Gasteiger partial charge on any atom is -0.463 e. The van der Waals surface area contributed by atoms with Crippen molar-refractivity contribution in [2.45, 2.75) is 13.3 Å². The molecule has 0 bridgehead atoms. The van der Waals surface area contributed by atoms with Gasteiger partial charge in [-0.25, -0.2) is 4.79 Å². The van der Waals surface area contributed by atoms with Crippen LogP contribution in [0.4, 0.5) is 0 Å². The topological polar surface area (TPSA) is 69.7 Å². The highest BCUT2D eigenvalue weighted by Crippen LogP contribution is 1.95. The van der Waals surface area contributed by atoms with Gasteiger partial charge in [-0.15, -0.1) is 0 Å². The Bertz CT molecular complexity index is 342. The van der Waals surface area contributed by atoms with Gasteiger partial charge in [0.05, 0.1) is 12.3 Å². The molecule has 0 unspecified atom stereocenters. The molecule has 5 heteroatoms. The number of esters is 1. The summed E-state index contributed by atoms with van der Waals surface area (Å²) in [6.45, 7) is 5.11. The molecule has 1 N–H and O–H groups in total. The molecule has 74 valence electrons. The highest BCUT2D eigenvalue weighted by atomic mass is 16.5. The van der Waals surface area contributed by atoms with Crippen LogP contribution in [0.1, 0.15) is 13.3 Å². The summed E-state index contributed by atoms with van der Waals surface area (Å²) >= 11 is 0. The summed E-state index contributed by atoms with van der Waals surface area (Å²) in [7, 11) is 0. The third-order valence-corrected chi connectivity index (χ3v) is 1.54. The van der Waals surface area contributed by atoms with E-state index in [0.717, 1.165) is 0 Å². The third kappa shape index (κ3) is 2.62. The second-order valence-electron chi connectivity index (χ2n) is 2.79. The van der Waals surface area contributed by atoms with E-state index in [-0.39, 0.29) is 18.9 Å². The van der Waals surface area contributed by atoms with Crippen LogP contribution < -0.4 is 4.99 Å². The van der Waals surface area contributed by atoms with Crippen LogP contribution in [0, 0.1) is 0 Å². The van der Waals surface area contributed by atoms with Gasteiger partial charge in [0.15, 0.2) is 0 Å². The maximum atomic E-state index is 10.9. The lowest BCUT2D eigenvalue weighted by molar-refractivity contribution is -0.360. The lowest BCUT2D eigenvalue weighted by Gasteiger charge is -2.03. The fourth-order valence-corrected chi connectivity index (χ4v) is 0.802. The first kappa shape index (κ1) is 10.3. The van der Waals surface area contributed by atoms with Crippen molar-refractivity contribution in [3.63, 3.8) is 0 Å². The maximum absolute atomic E-state index is 10.9. The van der Waals surface area contributed by atoms with Gasteiger partial charge in [-0.05, 0) is 13.3 Å². The van der Waals surface area contributed by atoms with E-state index in [1.807, 2.05) is 0 Å². The molecule has 0 saturated carbocycles. The summed E-state index contributed by atoms with van der Waals surface area (Å²) in [5.74, 6) is -0.756. The summed E-state index contributed by atoms with van der Waals surface area (Å²) < 4.78 is 4.79. The number of amides is 1. The molecule has 0 saturated heterocycles. The van der Waals surface area contributed by atoms with Crippen LogP contribution >= 0.6 is 0 Å². The molecule has 5 nitrogen and oxygen atoms in total. The van der Waals surface area contributed by atoms with Crippen molar-refractivity contribution in [1.82, 2.24) is 0 Å². The number of carbonyl (C=O) groups excluding carboxylic acids is 2. The first-order valence-electron chi connectivity index (χ1n) is 4.06. The predicted octanol–water partition coefficient (Wildman–Crippen LogP) is -1.54. The second kappa shape index (κ2) is 4.45. The second-order valence-corrected chi connectivity index (χ2v) is 2.79. The minimum atomic E-state index is -0.461. The van der Waals surface area contributed by atoms with Crippen molar-refractivity contribution < 1.29 is 19.3 Å². The molecule has 0 fully saturated rings. The van der Waals surface area contributed by atoms with E-state index in [1.165, 1.54) is 0 Å². The van der Waals surface area contributed by atoms with Crippen LogP contribution in [0.5, 0.6) is 0 Å².